The highest BCUT2D eigenvalue weighted by atomic mass is 16.2. The van der Waals surface area contributed by atoms with Gasteiger partial charge in [0.1, 0.15) is 0 Å². The Hall–Kier alpha value is -2.04. The quantitative estimate of drug-likeness (QED) is 0.872. The molecule has 0 aromatic heterocycles. The number of nitrogens with one attached hydrogen (secondary N) is 1. The number of nitrogens with zero attached hydrogens (tertiary/aromatic N) is 2. The second-order valence-electron chi connectivity index (χ2n) is 6.56. The second kappa shape index (κ2) is 8.71. The van der Waals surface area contributed by atoms with E-state index >= 15 is 0 Å². The van der Waals surface area contributed by atoms with Gasteiger partial charge in [-0.15, -0.1) is 0 Å². The van der Waals surface area contributed by atoms with Crippen LogP contribution in [0.15, 0.2) is 24.3 Å². The van der Waals surface area contributed by atoms with Crippen molar-refractivity contribution in [1.82, 2.24) is 5.32 Å². The average Bonchev–Trinajstić information content (AvgIpc) is 2.59. The number of piperidine rings is 1. The zero-order valence-electron chi connectivity index (χ0n) is 15.0. The Morgan fingerprint density at radius 2 is 1.83 bits per heavy atom. The SMILES string of the molecule is CCC(=O)NCCN(C(C)=O)c1ccc(N2CCC(C)CC2)cc1. The summed E-state index contributed by atoms with van der Waals surface area (Å²) in [5.74, 6) is 0.806. The summed E-state index contributed by atoms with van der Waals surface area (Å²) in [7, 11) is 0. The van der Waals surface area contributed by atoms with Gasteiger partial charge in [-0.3, -0.25) is 9.59 Å². The molecule has 1 heterocycles. The first-order valence-corrected chi connectivity index (χ1v) is 8.91. The van der Waals surface area contributed by atoms with Gasteiger partial charge in [-0.1, -0.05) is 13.8 Å². The van der Waals surface area contributed by atoms with E-state index < -0.39 is 0 Å². The molecule has 0 aliphatic carbocycles. The number of benzene rings is 1. The molecule has 0 radical (unpaired) electrons. The zero-order chi connectivity index (χ0) is 17.5. The molecule has 2 rings (SSSR count). The van der Waals surface area contributed by atoms with Crippen LogP contribution in [0.5, 0.6) is 0 Å². The van der Waals surface area contributed by atoms with Crippen molar-refractivity contribution in [3.8, 4) is 0 Å². The monoisotopic (exact) mass is 331 g/mol. The molecular formula is C19H29N3O2. The van der Waals surface area contributed by atoms with Gasteiger partial charge >= 0.3 is 0 Å². The standard InChI is InChI=1S/C19H29N3O2/c1-4-19(24)20-11-14-22(16(3)23)18-7-5-17(6-8-18)21-12-9-15(2)10-13-21/h5-8,15H,4,9-14H2,1-3H3,(H,20,24). The molecule has 0 saturated carbocycles. The van der Waals surface area contributed by atoms with E-state index in [4.69, 9.17) is 0 Å². The Labute approximate surface area is 145 Å². The lowest BCUT2D eigenvalue weighted by Crippen LogP contribution is -2.37. The highest BCUT2D eigenvalue weighted by Crippen LogP contribution is 2.25. The van der Waals surface area contributed by atoms with Gasteiger partial charge in [-0.25, -0.2) is 0 Å². The summed E-state index contributed by atoms with van der Waals surface area (Å²) in [6.45, 7) is 8.84. The maximum atomic E-state index is 11.9. The fraction of sp³-hybridized carbons (Fsp3) is 0.579. The van der Waals surface area contributed by atoms with E-state index in [0.29, 0.717) is 19.5 Å². The van der Waals surface area contributed by atoms with Crippen LogP contribution < -0.4 is 15.1 Å². The molecule has 0 atom stereocenters. The van der Waals surface area contributed by atoms with Crippen molar-refractivity contribution in [3.05, 3.63) is 24.3 Å². The van der Waals surface area contributed by atoms with Crippen molar-refractivity contribution in [1.29, 1.82) is 0 Å². The molecule has 5 heteroatoms. The molecule has 0 spiro atoms. The summed E-state index contributed by atoms with van der Waals surface area (Å²) in [6.07, 6.45) is 2.93. The van der Waals surface area contributed by atoms with Crippen LogP contribution in [0.3, 0.4) is 0 Å². The zero-order valence-corrected chi connectivity index (χ0v) is 15.0. The van der Waals surface area contributed by atoms with Crippen molar-refractivity contribution in [2.75, 3.05) is 36.0 Å². The van der Waals surface area contributed by atoms with Gasteiger partial charge in [0.25, 0.3) is 0 Å². The molecular weight excluding hydrogens is 302 g/mol. The Kier molecular flexibility index (Phi) is 6.64. The van der Waals surface area contributed by atoms with Gasteiger partial charge in [0.2, 0.25) is 11.8 Å². The number of hydrogen-bond acceptors (Lipinski definition) is 3. The molecule has 0 bridgehead atoms. The molecule has 1 N–H and O–H groups in total. The second-order valence-corrected chi connectivity index (χ2v) is 6.56. The van der Waals surface area contributed by atoms with Gasteiger partial charge < -0.3 is 15.1 Å². The van der Waals surface area contributed by atoms with Crippen LogP contribution in [0.25, 0.3) is 0 Å². The predicted molar refractivity (Wildman–Crippen MR) is 98.4 cm³/mol. The van der Waals surface area contributed by atoms with Crippen LogP contribution in [0.1, 0.15) is 40.0 Å². The number of amides is 2. The van der Waals surface area contributed by atoms with Crippen molar-refractivity contribution < 1.29 is 9.59 Å². The third-order valence-corrected chi connectivity index (χ3v) is 4.67. The van der Waals surface area contributed by atoms with E-state index in [2.05, 4.69) is 29.3 Å². The van der Waals surface area contributed by atoms with E-state index in [-0.39, 0.29) is 11.8 Å². The average molecular weight is 331 g/mol. The molecule has 1 aromatic carbocycles. The van der Waals surface area contributed by atoms with Crippen LogP contribution in [-0.4, -0.2) is 38.0 Å². The van der Waals surface area contributed by atoms with Gasteiger partial charge in [-0.2, -0.15) is 0 Å². The minimum absolute atomic E-state index is 0.00757. The first-order valence-electron chi connectivity index (χ1n) is 8.91. The van der Waals surface area contributed by atoms with Crippen LogP contribution in [-0.2, 0) is 9.59 Å². The largest absolute Gasteiger partial charge is 0.372 e. The van der Waals surface area contributed by atoms with E-state index in [0.717, 1.165) is 24.7 Å². The molecule has 1 saturated heterocycles. The molecule has 5 nitrogen and oxygen atoms in total. The van der Waals surface area contributed by atoms with Gasteiger partial charge in [0.15, 0.2) is 0 Å². The first-order chi connectivity index (χ1) is 11.5. The van der Waals surface area contributed by atoms with E-state index in [1.807, 2.05) is 19.1 Å². The molecule has 132 valence electrons. The van der Waals surface area contributed by atoms with Crippen LogP contribution in [0.2, 0.25) is 0 Å². The first kappa shape index (κ1) is 18.3. The van der Waals surface area contributed by atoms with Crippen molar-refractivity contribution in [3.63, 3.8) is 0 Å². The number of rotatable bonds is 6. The Morgan fingerprint density at radius 3 is 2.38 bits per heavy atom. The fourth-order valence-corrected chi connectivity index (χ4v) is 3.01. The molecule has 1 fully saturated rings. The Bertz CT molecular complexity index is 548. The number of anilines is 2. The Morgan fingerprint density at radius 1 is 1.21 bits per heavy atom. The number of hydrogen-bond donors (Lipinski definition) is 1. The van der Waals surface area contributed by atoms with Crippen LogP contribution in [0, 0.1) is 5.92 Å². The lowest BCUT2D eigenvalue weighted by Gasteiger charge is -2.32. The van der Waals surface area contributed by atoms with Gasteiger partial charge in [0, 0.05) is 50.9 Å². The summed E-state index contributed by atoms with van der Waals surface area (Å²) in [5, 5.41) is 2.81. The van der Waals surface area contributed by atoms with Crippen LogP contribution in [0.4, 0.5) is 11.4 Å². The van der Waals surface area contributed by atoms with E-state index in [1.165, 1.54) is 18.5 Å². The third-order valence-electron chi connectivity index (χ3n) is 4.67. The summed E-state index contributed by atoms with van der Waals surface area (Å²) < 4.78 is 0. The lowest BCUT2D eigenvalue weighted by molar-refractivity contribution is -0.121. The molecule has 24 heavy (non-hydrogen) atoms. The maximum absolute atomic E-state index is 11.9. The summed E-state index contributed by atoms with van der Waals surface area (Å²) in [4.78, 5) is 27.3. The molecule has 1 aliphatic rings. The predicted octanol–water partition coefficient (Wildman–Crippen LogP) is 2.80. The topological polar surface area (TPSA) is 52.7 Å². The lowest BCUT2D eigenvalue weighted by atomic mass is 9.99. The molecule has 0 unspecified atom stereocenters. The number of carbonyl (C=O) groups excluding carboxylic acids is 2. The van der Waals surface area contributed by atoms with Crippen molar-refractivity contribution >= 4 is 23.2 Å². The highest BCUT2D eigenvalue weighted by Gasteiger charge is 2.17. The summed E-state index contributed by atoms with van der Waals surface area (Å²) in [5.41, 5.74) is 2.09. The van der Waals surface area contributed by atoms with Crippen LogP contribution >= 0.6 is 0 Å². The van der Waals surface area contributed by atoms with Gasteiger partial charge in [-0.05, 0) is 43.0 Å². The maximum Gasteiger partial charge on any atom is 0.223 e. The minimum Gasteiger partial charge on any atom is -0.372 e. The normalized spacial score (nSPS) is 15.2. The Balaban J connectivity index is 1.97. The highest BCUT2D eigenvalue weighted by molar-refractivity contribution is 5.91. The third kappa shape index (κ3) is 4.98. The molecule has 1 aliphatic heterocycles. The van der Waals surface area contributed by atoms with Gasteiger partial charge in [0.05, 0.1) is 0 Å². The minimum atomic E-state index is -0.0136. The van der Waals surface area contributed by atoms with E-state index in [1.54, 1.807) is 11.8 Å². The van der Waals surface area contributed by atoms with Crippen molar-refractivity contribution in [2.45, 2.75) is 40.0 Å². The molecule has 2 amide bonds. The fourth-order valence-electron chi connectivity index (χ4n) is 3.01. The smallest absolute Gasteiger partial charge is 0.223 e. The number of carbonyl (C=O) groups is 2. The van der Waals surface area contributed by atoms with E-state index in [9.17, 15) is 9.59 Å². The molecule has 1 aromatic rings. The van der Waals surface area contributed by atoms with Crippen molar-refractivity contribution in [2.24, 2.45) is 5.92 Å². The summed E-state index contributed by atoms with van der Waals surface area (Å²) in [6, 6.07) is 8.17. The summed E-state index contributed by atoms with van der Waals surface area (Å²) >= 11 is 0.